The van der Waals surface area contributed by atoms with E-state index in [1.807, 2.05) is 6.92 Å². The monoisotopic (exact) mass is 360 g/mol. The first kappa shape index (κ1) is 21.8. The number of aliphatic hydroxyl groups excluding tert-OH is 6. The Morgan fingerprint density at radius 3 is 2.08 bits per heavy atom. The van der Waals surface area contributed by atoms with Gasteiger partial charge >= 0.3 is 0 Å². The Morgan fingerprint density at radius 1 is 0.920 bits per heavy atom. The van der Waals surface area contributed by atoms with Crippen molar-refractivity contribution in [3.05, 3.63) is 23.8 Å². The minimum absolute atomic E-state index is 0.0385. The molecule has 9 heteroatoms. The summed E-state index contributed by atoms with van der Waals surface area (Å²) in [5.41, 5.74) is 0.930. The van der Waals surface area contributed by atoms with Gasteiger partial charge < -0.3 is 35.4 Å². The van der Waals surface area contributed by atoms with E-state index in [9.17, 15) is 20.4 Å². The van der Waals surface area contributed by atoms with Crippen LogP contribution in [-0.4, -0.2) is 84.8 Å². The third-order valence-electron chi connectivity index (χ3n) is 3.79. The lowest BCUT2D eigenvalue weighted by Gasteiger charge is -2.25. The van der Waals surface area contributed by atoms with E-state index in [-0.39, 0.29) is 6.42 Å². The minimum Gasteiger partial charge on any atom is -0.394 e. The van der Waals surface area contributed by atoms with Crippen molar-refractivity contribution < 1.29 is 35.4 Å². The van der Waals surface area contributed by atoms with Gasteiger partial charge in [-0.25, -0.2) is 0 Å². The molecule has 0 aliphatic carbocycles. The highest BCUT2D eigenvalue weighted by molar-refractivity contribution is 5.07. The molecule has 0 fully saturated rings. The molecule has 1 aromatic heterocycles. The van der Waals surface area contributed by atoms with E-state index in [4.69, 9.17) is 14.9 Å². The van der Waals surface area contributed by atoms with Gasteiger partial charge in [-0.15, -0.1) is 0 Å². The average molecular weight is 360 g/mol. The van der Waals surface area contributed by atoms with Crippen molar-refractivity contribution >= 4 is 0 Å². The number of ether oxygens (including phenoxy) is 1. The van der Waals surface area contributed by atoms with Crippen LogP contribution in [0.25, 0.3) is 0 Å². The molecule has 25 heavy (non-hydrogen) atoms. The Morgan fingerprint density at radius 2 is 1.60 bits per heavy atom. The second-order valence-corrected chi connectivity index (χ2v) is 5.84. The Hall–Kier alpha value is -1.20. The highest BCUT2D eigenvalue weighted by Gasteiger charge is 2.25. The molecule has 1 heterocycles. The van der Waals surface area contributed by atoms with Crippen molar-refractivity contribution in [3.63, 3.8) is 0 Å². The fourth-order valence-corrected chi connectivity index (χ4v) is 2.24. The molecule has 0 aliphatic rings. The quantitative estimate of drug-likeness (QED) is 0.256. The summed E-state index contributed by atoms with van der Waals surface area (Å²) in [6.45, 7) is 0.425. The molecule has 0 saturated carbocycles. The van der Waals surface area contributed by atoms with E-state index in [1.54, 1.807) is 0 Å². The summed E-state index contributed by atoms with van der Waals surface area (Å²) in [7, 11) is 0. The summed E-state index contributed by atoms with van der Waals surface area (Å²) < 4.78 is 5.67. The molecule has 1 aromatic rings. The predicted molar refractivity (Wildman–Crippen MR) is 87.5 cm³/mol. The van der Waals surface area contributed by atoms with Crippen molar-refractivity contribution in [3.8, 4) is 0 Å². The maximum absolute atomic E-state index is 9.69. The summed E-state index contributed by atoms with van der Waals surface area (Å²) in [5, 5.41) is 55.8. The zero-order valence-electron chi connectivity index (χ0n) is 14.3. The van der Waals surface area contributed by atoms with Crippen LogP contribution in [0, 0.1) is 0 Å². The van der Waals surface area contributed by atoms with Crippen molar-refractivity contribution in [2.45, 2.75) is 56.7 Å². The maximum Gasteiger partial charge on any atom is 0.110 e. The van der Waals surface area contributed by atoms with E-state index in [2.05, 4.69) is 9.97 Å². The Labute approximate surface area is 146 Å². The van der Waals surface area contributed by atoms with E-state index in [0.29, 0.717) is 17.8 Å². The second kappa shape index (κ2) is 11.4. The first-order valence-electron chi connectivity index (χ1n) is 8.29. The van der Waals surface area contributed by atoms with Gasteiger partial charge in [-0.3, -0.25) is 9.97 Å². The number of aromatic nitrogens is 2. The smallest absolute Gasteiger partial charge is 0.110 e. The Kier molecular flexibility index (Phi) is 9.98. The summed E-state index contributed by atoms with van der Waals surface area (Å²) in [5.74, 6) is 0. The summed E-state index contributed by atoms with van der Waals surface area (Å²) in [4.78, 5) is 8.41. The van der Waals surface area contributed by atoms with E-state index < -0.39 is 50.3 Å². The summed E-state index contributed by atoms with van der Waals surface area (Å²) >= 11 is 0. The molecule has 0 radical (unpaired) electrons. The van der Waals surface area contributed by atoms with Gasteiger partial charge in [0.1, 0.15) is 24.4 Å². The number of rotatable bonds is 12. The zero-order chi connectivity index (χ0) is 18.8. The van der Waals surface area contributed by atoms with Gasteiger partial charge in [0.2, 0.25) is 0 Å². The predicted octanol–water partition coefficient (Wildman–Crippen LogP) is -1.69. The maximum atomic E-state index is 9.69. The topological polar surface area (TPSA) is 156 Å². The molecule has 0 saturated heterocycles. The van der Waals surface area contributed by atoms with Crippen molar-refractivity contribution in [2.75, 3.05) is 19.8 Å². The van der Waals surface area contributed by atoms with Crippen LogP contribution in [0.15, 0.2) is 12.4 Å². The third-order valence-corrected chi connectivity index (χ3v) is 3.79. The first-order valence-corrected chi connectivity index (χ1v) is 8.29. The second-order valence-electron chi connectivity index (χ2n) is 5.84. The molecule has 0 unspecified atom stereocenters. The van der Waals surface area contributed by atoms with Gasteiger partial charge in [-0.1, -0.05) is 13.3 Å². The molecule has 0 aromatic carbocycles. The number of hydrogen-bond acceptors (Lipinski definition) is 9. The van der Waals surface area contributed by atoms with E-state index in [1.165, 1.54) is 12.4 Å². The number of nitrogens with zero attached hydrogens (tertiary/aromatic N) is 2. The minimum atomic E-state index is -1.25. The molecule has 1 rings (SSSR count). The molecule has 0 bridgehead atoms. The van der Waals surface area contributed by atoms with Gasteiger partial charge in [0.15, 0.2) is 0 Å². The molecule has 0 spiro atoms. The van der Waals surface area contributed by atoms with Crippen LogP contribution in [0.2, 0.25) is 0 Å². The standard InChI is InChI=1S/C16H28N2O7/c1-2-3-15(25-16(9-21)14(24)8-20)11-6-17-10(5-18-11)4-12(22)13(23)7-19/h5-6,12-16,19-24H,2-4,7-9H2,1H3/t12-,13+,14+,15+,16-/m0/s1. The highest BCUT2D eigenvalue weighted by atomic mass is 16.5. The Balaban J connectivity index is 2.80. The van der Waals surface area contributed by atoms with Crippen LogP contribution in [0.4, 0.5) is 0 Å². The third kappa shape index (κ3) is 6.90. The van der Waals surface area contributed by atoms with E-state index in [0.717, 1.165) is 6.42 Å². The number of aliphatic hydroxyl groups is 6. The van der Waals surface area contributed by atoms with Crippen LogP contribution in [-0.2, 0) is 11.2 Å². The van der Waals surface area contributed by atoms with Crippen LogP contribution in [0.3, 0.4) is 0 Å². The Bertz CT molecular complexity index is 474. The fraction of sp³-hybridized carbons (Fsp3) is 0.750. The van der Waals surface area contributed by atoms with Crippen LogP contribution in [0.5, 0.6) is 0 Å². The van der Waals surface area contributed by atoms with E-state index >= 15 is 0 Å². The van der Waals surface area contributed by atoms with Crippen molar-refractivity contribution in [1.82, 2.24) is 9.97 Å². The van der Waals surface area contributed by atoms with Gasteiger partial charge in [-0.2, -0.15) is 0 Å². The lowest BCUT2D eigenvalue weighted by molar-refractivity contribution is -0.114. The first-order chi connectivity index (χ1) is 12.0. The van der Waals surface area contributed by atoms with Crippen LogP contribution in [0.1, 0.15) is 37.3 Å². The SMILES string of the molecule is CCC[C@@H](O[C@@H](CO)[C@H](O)CO)c1cnc(C[C@H](O)[C@H](O)CO)cn1. The fourth-order valence-electron chi connectivity index (χ4n) is 2.24. The van der Waals surface area contributed by atoms with Crippen LogP contribution < -0.4 is 0 Å². The molecular formula is C16H28N2O7. The molecule has 0 aliphatic heterocycles. The normalized spacial score (nSPS) is 17.7. The number of hydrogen-bond donors (Lipinski definition) is 6. The van der Waals surface area contributed by atoms with Crippen LogP contribution >= 0.6 is 0 Å². The molecule has 9 nitrogen and oxygen atoms in total. The van der Waals surface area contributed by atoms with Crippen molar-refractivity contribution in [1.29, 1.82) is 0 Å². The van der Waals surface area contributed by atoms with Crippen molar-refractivity contribution in [2.24, 2.45) is 0 Å². The van der Waals surface area contributed by atoms with Gasteiger partial charge in [0.25, 0.3) is 0 Å². The molecule has 0 amide bonds. The van der Waals surface area contributed by atoms with Gasteiger partial charge in [0.05, 0.1) is 43.5 Å². The van der Waals surface area contributed by atoms with Gasteiger partial charge in [0, 0.05) is 12.6 Å². The highest BCUT2D eigenvalue weighted by Crippen LogP contribution is 2.23. The molecular weight excluding hydrogens is 332 g/mol. The lowest BCUT2D eigenvalue weighted by atomic mass is 10.1. The summed E-state index contributed by atoms with van der Waals surface area (Å²) in [6.07, 6.45) is -0.768. The molecule has 6 N–H and O–H groups in total. The average Bonchev–Trinajstić information content (AvgIpc) is 2.64. The molecule has 5 atom stereocenters. The summed E-state index contributed by atoms with van der Waals surface area (Å²) in [6, 6.07) is 0. The largest absolute Gasteiger partial charge is 0.394 e. The zero-order valence-corrected chi connectivity index (χ0v) is 14.3. The van der Waals surface area contributed by atoms with Gasteiger partial charge in [-0.05, 0) is 6.42 Å². The lowest BCUT2D eigenvalue weighted by Crippen LogP contribution is -2.36. The molecule has 144 valence electrons.